The van der Waals surface area contributed by atoms with Crippen LogP contribution in [0, 0.1) is 5.92 Å². The van der Waals surface area contributed by atoms with E-state index in [4.69, 9.17) is 18.6 Å². The summed E-state index contributed by atoms with van der Waals surface area (Å²) in [6, 6.07) is 14.3. The molecule has 1 unspecified atom stereocenters. The summed E-state index contributed by atoms with van der Waals surface area (Å²) in [4.78, 5) is 7.22. The van der Waals surface area contributed by atoms with E-state index < -0.39 is 0 Å². The number of hydrogen-bond donors (Lipinski definition) is 1. The average molecular weight is 379 g/mol. The van der Waals surface area contributed by atoms with Crippen LogP contribution in [0.3, 0.4) is 0 Å². The van der Waals surface area contributed by atoms with E-state index in [2.05, 4.69) is 22.3 Å². The van der Waals surface area contributed by atoms with Crippen LogP contribution in [0.1, 0.15) is 30.5 Å². The fourth-order valence-corrected chi connectivity index (χ4v) is 3.73. The number of oxazole rings is 1. The molecule has 3 aromatic rings. The van der Waals surface area contributed by atoms with Crippen LogP contribution in [0.5, 0.6) is 0 Å². The van der Waals surface area contributed by atoms with Gasteiger partial charge in [-0.2, -0.15) is 0 Å². The summed E-state index contributed by atoms with van der Waals surface area (Å²) in [5.41, 5.74) is 2.00. The number of aromatic nitrogens is 1. The van der Waals surface area contributed by atoms with Crippen LogP contribution in [0.2, 0.25) is 0 Å². The number of rotatable bonds is 7. The first-order chi connectivity index (χ1) is 13.9. The van der Waals surface area contributed by atoms with Gasteiger partial charge in [-0.25, -0.2) is 4.98 Å². The monoisotopic (exact) mass is 379 g/mol. The van der Waals surface area contributed by atoms with Crippen molar-refractivity contribution in [1.29, 1.82) is 0 Å². The third kappa shape index (κ3) is 3.70. The van der Waals surface area contributed by atoms with Crippen molar-refractivity contribution in [1.82, 2.24) is 10.3 Å². The summed E-state index contributed by atoms with van der Waals surface area (Å²) in [5.74, 6) is 3.12. The van der Waals surface area contributed by atoms with Crippen LogP contribution in [0.4, 0.5) is 5.88 Å². The van der Waals surface area contributed by atoms with Crippen molar-refractivity contribution in [2.45, 2.75) is 25.4 Å². The molecule has 5 rings (SSSR count). The molecule has 0 amide bonds. The van der Waals surface area contributed by atoms with Crippen molar-refractivity contribution in [3.8, 4) is 11.3 Å². The van der Waals surface area contributed by atoms with Crippen molar-refractivity contribution in [2.75, 3.05) is 31.2 Å². The van der Waals surface area contributed by atoms with Crippen LogP contribution in [0.25, 0.3) is 11.3 Å². The molecule has 1 saturated carbocycles. The lowest BCUT2D eigenvalue weighted by Crippen LogP contribution is -2.36. The Morgan fingerprint density at radius 2 is 1.89 bits per heavy atom. The third-order valence-electron chi connectivity index (χ3n) is 5.41. The van der Waals surface area contributed by atoms with Gasteiger partial charge in [0.15, 0.2) is 0 Å². The molecule has 0 bridgehead atoms. The zero-order valence-electron chi connectivity index (χ0n) is 15.8. The molecule has 6 heteroatoms. The highest BCUT2D eigenvalue weighted by Crippen LogP contribution is 2.43. The standard InChI is InChI=1S/C22H25N3O3/c1-2-5-16(6-3-1)20-22(25-10-13-26-14-11-25)28-21(24-20)19(17-8-9-17)23-15-18-7-4-12-27-18/h1-7,12,17,19,23H,8-11,13-15H2. The first-order valence-corrected chi connectivity index (χ1v) is 10.0. The molecule has 0 radical (unpaired) electrons. The lowest BCUT2D eigenvalue weighted by atomic mass is 10.1. The molecule has 0 spiro atoms. The number of nitrogens with one attached hydrogen (secondary N) is 1. The van der Waals surface area contributed by atoms with Crippen LogP contribution in [0.15, 0.2) is 57.6 Å². The van der Waals surface area contributed by atoms with Crippen molar-refractivity contribution >= 4 is 5.88 Å². The van der Waals surface area contributed by atoms with Crippen molar-refractivity contribution in [3.63, 3.8) is 0 Å². The number of nitrogens with zero attached hydrogens (tertiary/aromatic N) is 2. The SMILES string of the molecule is c1ccc(-c2nc(C(NCc3ccco3)C3CC3)oc2N2CCOCC2)cc1. The van der Waals surface area contributed by atoms with Crippen LogP contribution < -0.4 is 10.2 Å². The van der Waals surface area contributed by atoms with Gasteiger partial charge in [0.25, 0.3) is 0 Å². The first-order valence-electron chi connectivity index (χ1n) is 10.0. The Kier molecular flexibility index (Phi) is 4.89. The van der Waals surface area contributed by atoms with Gasteiger partial charge in [-0.15, -0.1) is 0 Å². The molecule has 6 nitrogen and oxygen atoms in total. The Bertz CT molecular complexity index is 881. The summed E-state index contributed by atoms with van der Waals surface area (Å²) < 4.78 is 17.4. The Morgan fingerprint density at radius 3 is 2.61 bits per heavy atom. The van der Waals surface area contributed by atoms with Crippen molar-refractivity contribution in [3.05, 3.63) is 60.4 Å². The highest BCUT2D eigenvalue weighted by Gasteiger charge is 2.37. The summed E-state index contributed by atoms with van der Waals surface area (Å²) in [6.07, 6.45) is 4.11. The zero-order valence-corrected chi connectivity index (χ0v) is 15.8. The predicted molar refractivity (Wildman–Crippen MR) is 106 cm³/mol. The van der Waals surface area contributed by atoms with E-state index >= 15 is 0 Å². The molecule has 1 saturated heterocycles. The van der Waals surface area contributed by atoms with Gasteiger partial charge in [0.05, 0.1) is 32.1 Å². The maximum atomic E-state index is 6.41. The lowest BCUT2D eigenvalue weighted by Gasteiger charge is -2.27. The van der Waals surface area contributed by atoms with Gasteiger partial charge < -0.3 is 18.5 Å². The molecule has 1 atom stereocenters. The van der Waals surface area contributed by atoms with E-state index in [1.54, 1.807) is 6.26 Å². The number of anilines is 1. The van der Waals surface area contributed by atoms with Gasteiger partial charge in [-0.1, -0.05) is 30.3 Å². The van der Waals surface area contributed by atoms with Gasteiger partial charge in [0, 0.05) is 18.7 Å². The highest BCUT2D eigenvalue weighted by atomic mass is 16.5. The third-order valence-corrected chi connectivity index (χ3v) is 5.41. The zero-order chi connectivity index (χ0) is 18.8. The Hall–Kier alpha value is -2.57. The van der Waals surface area contributed by atoms with Crippen LogP contribution >= 0.6 is 0 Å². The number of furan rings is 1. The number of morpholine rings is 1. The Morgan fingerprint density at radius 1 is 1.07 bits per heavy atom. The summed E-state index contributed by atoms with van der Waals surface area (Å²) >= 11 is 0. The minimum absolute atomic E-state index is 0.0994. The van der Waals surface area contributed by atoms with Crippen molar-refractivity contribution < 1.29 is 13.6 Å². The molecule has 2 aliphatic rings. The maximum Gasteiger partial charge on any atom is 0.224 e. The minimum Gasteiger partial charge on any atom is -0.468 e. The van der Waals surface area contributed by atoms with E-state index in [0.29, 0.717) is 25.7 Å². The number of benzene rings is 1. The molecule has 146 valence electrons. The fraction of sp³-hybridized carbons (Fsp3) is 0.409. The number of ether oxygens (including phenoxy) is 1. The van der Waals surface area contributed by atoms with Crippen molar-refractivity contribution in [2.24, 2.45) is 5.92 Å². The van der Waals surface area contributed by atoms with Gasteiger partial charge in [0.2, 0.25) is 11.8 Å². The van der Waals surface area contributed by atoms with Gasteiger partial charge in [-0.05, 0) is 30.9 Å². The van der Waals surface area contributed by atoms with E-state index in [-0.39, 0.29) is 6.04 Å². The summed E-state index contributed by atoms with van der Waals surface area (Å²) in [6.45, 7) is 3.75. The maximum absolute atomic E-state index is 6.41. The molecule has 1 aliphatic heterocycles. The van der Waals surface area contributed by atoms with Gasteiger partial charge in [0.1, 0.15) is 11.5 Å². The normalized spacial score (nSPS) is 18.4. The van der Waals surface area contributed by atoms with E-state index in [1.165, 1.54) is 12.8 Å². The molecule has 3 heterocycles. The second-order valence-corrected chi connectivity index (χ2v) is 7.45. The highest BCUT2D eigenvalue weighted by molar-refractivity contribution is 5.71. The van der Waals surface area contributed by atoms with E-state index in [0.717, 1.165) is 41.9 Å². The smallest absolute Gasteiger partial charge is 0.224 e. The lowest BCUT2D eigenvalue weighted by molar-refractivity contribution is 0.120. The predicted octanol–water partition coefficient (Wildman–Crippen LogP) is 4.01. The van der Waals surface area contributed by atoms with Crippen LogP contribution in [-0.4, -0.2) is 31.3 Å². The minimum atomic E-state index is 0.0994. The molecule has 28 heavy (non-hydrogen) atoms. The average Bonchev–Trinajstić information content (AvgIpc) is 3.27. The molecule has 2 fully saturated rings. The second kappa shape index (κ2) is 7.81. The quantitative estimate of drug-likeness (QED) is 0.669. The molecular formula is C22H25N3O3. The first kappa shape index (κ1) is 17.5. The molecular weight excluding hydrogens is 354 g/mol. The van der Waals surface area contributed by atoms with Crippen LogP contribution in [-0.2, 0) is 11.3 Å². The largest absolute Gasteiger partial charge is 0.468 e. The summed E-state index contributed by atoms with van der Waals surface area (Å²) in [5, 5.41) is 3.60. The molecule has 1 aliphatic carbocycles. The van der Waals surface area contributed by atoms with Gasteiger partial charge >= 0.3 is 0 Å². The fourth-order valence-electron chi connectivity index (χ4n) is 3.73. The molecule has 2 aromatic heterocycles. The summed E-state index contributed by atoms with van der Waals surface area (Å²) in [7, 11) is 0. The number of hydrogen-bond acceptors (Lipinski definition) is 6. The second-order valence-electron chi connectivity index (χ2n) is 7.45. The van der Waals surface area contributed by atoms with E-state index in [9.17, 15) is 0 Å². The molecule has 1 N–H and O–H groups in total. The Labute approximate surface area is 164 Å². The van der Waals surface area contributed by atoms with Gasteiger partial charge in [-0.3, -0.25) is 5.32 Å². The Balaban J connectivity index is 1.46. The van der Waals surface area contributed by atoms with E-state index in [1.807, 2.05) is 30.3 Å². The molecule has 1 aromatic carbocycles. The topological polar surface area (TPSA) is 63.7 Å².